The number of amides is 1. The van der Waals surface area contributed by atoms with Gasteiger partial charge in [0.2, 0.25) is 5.91 Å². The van der Waals surface area contributed by atoms with Gasteiger partial charge in [-0.1, -0.05) is 13.3 Å². The molecular weight excluding hydrogens is 178 g/mol. The van der Waals surface area contributed by atoms with Crippen LogP contribution in [-0.2, 0) is 4.79 Å². The van der Waals surface area contributed by atoms with Gasteiger partial charge in [-0.2, -0.15) is 0 Å². The molecule has 1 saturated heterocycles. The summed E-state index contributed by atoms with van der Waals surface area (Å²) in [6, 6.07) is 0. The fourth-order valence-electron chi connectivity index (χ4n) is 1.55. The number of likely N-dealkylation sites (tertiary alicyclic amines) is 1. The number of hydrogen-bond donors (Lipinski definition) is 1. The molecule has 1 aliphatic heterocycles. The highest BCUT2D eigenvalue weighted by atomic mass is 35.5. The lowest BCUT2D eigenvalue weighted by molar-refractivity contribution is -0.153. The van der Waals surface area contributed by atoms with Gasteiger partial charge in [0, 0.05) is 0 Å². The second kappa shape index (κ2) is 3.62. The van der Waals surface area contributed by atoms with E-state index in [9.17, 15) is 9.90 Å². The van der Waals surface area contributed by atoms with Gasteiger partial charge in [-0.3, -0.25) is 4.79 Å². The van der Waals surface area contributed by atoms with Crippen molar-refractivity contribution in [1.82, 2.24) is 4.90 Å². The minimum absolute atomic E-state index is 0.0161. The van der Waals surface area contributed by atoms with Crippen molar-refractivity contribution in [3.63, 3.8) is 0 Å². The number of carbonyl (C=O) groups is 1. The number of halogens is 1. The van der Waals surface area contributed by atoms with E-state index in [1.807, 2.05) is 6.92 Å². The molecule has 1 aliphatic rings. The quantitative estimate of drug-likeness (QED) is 0.664. The summed E-state index contributed by atoms with van der Waals surface area (Å²) in [6.45, 7) is 2.92. The van der Waals surface area contributed by atoms with E-state index in [1.165, 1.54) is 0 Å². The summed E-state index contributed by atoms with van der Waals surface area (Å²) in [7, 11) is 0. The molecule has 0 saturated carbocycles. The van der Waals surface area contributed by atoms with E-state index in [-0.39, 0.29) is 11.8 Å². The minimum atomic E-state index is -0.629. The van der Waals surface area contributed by atoms with Gasteiger partial charge < -0.3 is 10.0 Å². The Morgan fingerprint density at radius 2 is 2.25 bits per heavy atom. The molecule has 1 fully saturated rings. The van der Waals surface area contributed by atoms with E-state index in [0.717, 1.165) is 12.8 Å². The molecule has 0 bridgehead atoms. The Morgan fingerprint density at radius 3 is 2.67 bits per heavy atom. The standard InChI is InChI=1S/C8H14ClNO2/c1-2-3-8(12)5-10(6-8)7(11)4-9/h12H,2-6H2,1H3. The number of hydrogen-bond acceptors (Lipinski definition) is 2. The first-order chi connectivity index (χ1) is 5.61. The van der Waals surface area contributed by atoms with Crippen molar-refractivity contribution in [1.29, 1.82) is 0 Å². The highest BCUT2D eigenvalue weighted by Crippen LogP contribution is 2.25. The molecule has 3 nitrogen and oxygen atoms in total. The molecule has 0 aromatic carbocycles. The zero-order valence-corrected chi connectivity index (χ0v) is 7.97. The van der Waals surface area contributed by atoms with E-state index in [4.69, 9.17) is 11.6 Å². The van der Waals surface area contributed by atoms with E-state index in [1.54, 1.807) is 4.90 Å². The Kier molecular flexibility index (Phi) is 2.96. The molecule has 0 aliphatic carbocycles. The molecule has 12 heavy (non-hydrogen) atoms. The predicted molar refractivity (Wildman–Crippen MR) is 47.2 cm³/mol. The molecule has 0 spiro atoms. The normalized spacial score (nSPS) is 20.4. The number of nitrogens with zero attached hydrogens (tertiary/aromatic N) is 1. The first kappa shape index (κ1) is 9.81. The van der Waals surface area contributed by atoms with Gasteiger partial charge >= 0.3 is 0 Å². The maximum Gasteiger partial charge on any atom is 0.237 e. The molecule has 1 N–H and O–H groups in total. The van der Waals surface area contributed by atoms with Crippen LogP contribution in [0, 0.1) is 0 Å². The van der Waals surface area contributed by atoms with Crippen molar-refractivity contribution >= 4 is 17.5 Å². The van der Waals surface area contributed by atoms with Crippen molar-refractivity contribution in [3.8, 4) is 0 Å². The molecule has 1 rings (SSSR count). The van der Waals surface area contributed by atoms with Gasteiger partial charge in [0.25, 0.3) is 0 Å². The van der Waals surface area contributed by atoms with Crippen molar-refractivity contribution in [2.24, 2.45) is 0 Å². The minimum Gasteiger partial charge on any atom is -0.386 e. The first-order valence-corrected chi connectivity index (χ1v) is 4.71. The lowest BCUT2D eigenvalue weighted by Gasteiger charge is -2.46. The molecule has 0 atom stereocenters. The van der Waals surface area contributed by atoms with Gasteiger partial charge in [-0.05, 0) is 6.42 Å². The van der Waals surface area contributed by atoms with Gasteiger partial charge in [-0.15, -0.1) is 11.6 Å². The van der Waals surface area contributed by atoms with Crippen LogP contribution in [0.3, 0.4) is 0 Å². The van der Waals surface area contributed by atoms with Crippen LogP contribution < -0.4 is 0 Å². The monoisotopic (exact) mass is 191 g/mol. The van der Waals surface area contributed by atoms with Crippen LogP contribution in [0.2, 0.25) is 0 Å². The summed E-state index contributed by atoms with van der Waals surface area (Å²) in [6.07, 6.45) is 1.71. The zero-order valence-electron chi connectivity index (χ0n) is 7.22. The van der Waals surface area contributed by atoms with E-state index < -0.39 is 5.60 Å². The summed E-state index contributed by atoms with van der Waals surface area (Å²) in [4.78, 5) is 12.6. The average Bonchev–Trinajstić information content (AvgIpc) is 1.99. The maximum absolute atomic E-state index is 11.0. The summed E-state index contributed by atoms with van der Waals surface area (Å²) < 4.78 is 0. The summed E-state index contributed by atoms with van der Waals surface area (Å²) in [5, 5.41) is 9.69. The zero-order chi connectivity index (χ0) is 9.19. The molecule has 0 radical (unpaired) electrons. The SMILES string of the molecule is CCCC1(O)CN(C(=O)CCl)C1. The molecular formula is C8H14ClNO2. The summed E-state index contributed by atoms with van der Waals surface area (Å²) in [5.41, 5.74) is -0.629. The molecule has 0 aromatic rings. The lowest BCUT2D eigenvalue weighted by atomic mass is 9.89. The Hall–Kier alpha value is -0.280. The highest BCUT2D eigenvalue weighted by molar-refractivity contribution is 6.27. The third-order valence-corrected chi connectivity index (χ3v) is 2.38. The molecule has 1 amide bonds. The fourth-order valence-corrected chi connectivity index (χ4v) is 1.72. The van der Waals surface area contributed by atoms with Crippen LogP contribution in [-0.4, -0.2) is 40.5 Å². The van der Waals surface area contributed by atoms with Gasteiger partial charge in [-0.25, -0.2) is 0 Å². The number of alkyl halides is 1. The van der Waals surface area contributed by atoms with Crippen molar-refractivity contribution < 1.29 is 9.90 Å². The van der Waals surface area contributed by atoms with E-state index >= 15 is 0 Å². The van der Waals surface area contributed by atoms with Crippen LogP contribution in [0.1, 0.15) is 19.8 Å². The Balaban J connectivity index is 2.31. The van der Waals surface area contributed by atoms with Crippen molar-refractivity contribution in [3.05, 3.63) is 0 Å². The first-order valence-electron chi connectivity index (χ1n) is 4.17. The van der Waals surface area contributed by atoms with Crippen LogP contribution in [0.25, 0.3) is 0 Å². The van der Waals surface area contributed by atoms with Crippen LogP contribution >= 0.6 is 11.6 Å². The van der Waals surface area contributed by atoms with Gasteiger partial charge in [0.05, 0.1) is 18.7 Å². The topological polar surface area (TPSA) is 40.5 Å². The number of aliphatic hydroxyl groups is 1. The van der Waals surface area contributed by atoms with Crippen LogP contribution in [0.5, 0.6) is 0 Å². The molecule has 70 valence electrons. The second-order valence-corrected chi connectivity index (χ2v) is 3.63. The predicted octanol–water partition coefficient (Wildman–Crippen LogP) is 0.599. The van der Waals surface area contributed by atoms with Crippen molar-refractivity contribution in [2.45, 2.75) is 25.4 Å². The number of carbonyl (C=O) groups excluding carboxylic acids is 1. The Morgan fingerprint density at radius 1 is 1.67 bits per heavy atom. The van der Waals surface area contributed by atoms with Crippen molar-refractivity contribution in [2.75, 3.05) is 19.0 Å². The number of β-amino-alcohol motifs (C(OH)–C–C–N with tert-alkyl or cyclic N) is 1. The van der Waals surface area contributed by atoms with E-state index in [0.29, 0.717) is 13.1 Å². The third kappa shape index (κ3) is 1.90. The van der Waals surface area contributed by atoms with E-state index in [2.05, 4.69) is 0 Å². The molecule has 4 heteroatoms. The number of rotatable bonds is 3. The smallest absolute Gasteiger partial charge is 0.237 e. The van der Waals surface area contributed by atoms with Gasteiger partial charge in [0.15, 0.2) is 0 Å². The second-order valence-electron chi connectivity index (χ2n) is 3.36. The average molecular weight is 192 g/mol. The largest absolute Gasteiger partial charge is 0.386 e. The van der Waals surface area contributed by atoms with Gasteiger partial charge in [0.1, 0.15) is 5.88 Å². The molecule has 0 unspecified atom stereocenters. The Bertz CT molecular complexity index is 178. The molecule has 1 heterocycles. The summed E-state index contributed by atoms with van der Waals surface area (Å²) >= 11 is 5.36. The summed E-state index contributed by atoms with van der Waals surface area (Å²) in [5.74, 6) is -0.0696. The third-order valence-electron chi connectivity index (χ3n) is 2.15. The maximum atomic E-state index is 11.0. The van der Waals surface area contributed by atoms with Crippen LogP contribution in [0.15, 0.2) is 0 Å². The highest BCUT2D eigenvalue weighted by Gasteiger charge is 2.42. The van der Waals surface area contributed by atoms with Crippen LogP contribution in [0.4, 0.5) is 0 Å². The lowest BCUT2D eigenvalue weighted by Crippen LogP contribution is -2.63. The Labute approximate surface area is 77.3 Å². The molecule has 0 aromatic heterocycles. The fraction of sp³-hybridized carbons (Fsp3) is 0.875.